The van der Waals surface area contributed by atoms with Gasteiger partial charge in [0.1, 0.15) is 11.6 Å². The molecule has 0 aliphatic heterocycles. The van der Waals surface area contributed by atoms with Gasteiger partial charge < -0.3 is 20.3 Å². The number of hydrogen-bond donors (Lipinski definition) is 2. The zero-order valence-electron chi connectivity index (χ0n) is 18.0. The minimum absolute atomic E-state index is 0.0750. The van der Waals surface area contributed by atoms with Gasteiger partial charge in [0.25, 0.3) is 0 Å². The summed E-state index contributed by atoms with van der Waals surface area (Å²) in [5, 5.41) is 5.31. The summed E-state index contributed by atoms with van der Waals surface area (Å²) in [7, 11) is 1.80. The second kappa shape index (κ2) is 9.42. The Kier molecular flexibility index (Phi) is 8.11. The number of nitrogens with one attached hydrogen (secondary N) is 2. The Balaban J connectivity index is 2.63. The van der Waals surface area contributed by atoms with Crippen molar-refractivity contribution in [1.82, 2.24) is 15.5 Å². The van der Waals surface area contributed by atoms with Gasteiger partial charge >= 0.3 is 6.09 Å². The van der Waals surface area contributed by atoms with Gasteiger partial charge in [0, 0.05) is 13.1 Å². The first-order chi connectivity index (χ1) is 12.3. The summed E-state index contributed by atoms with van der Waals surface area (Å²) in [5.41, 5.74) is -1.18. The van der Waals surface area contributed by atoms with Crippen molar-refractivity contribution in [3.8, 4) is 0 Å². The molecule has 1 rings (SSSR count). The average molecular weight is 384 g/mol. The Labute approximate surface area is 163 Å². The Morgan fingerprint density at radius 3 is 2.07 bits per heavy atom. The summed E-state index contributed by atoms with van der Waals surface area (Å²) in [6, 6.07) is -0.554. The molecule has 2 N–H and O–H groups in total. The monoisotopic (exact) mass is 383 g/mol. The number of likely N-dealkylation sites (N-methyl/N-ethyl adjacent to an activating group) is 1. The Morgan fingerprint density at radius 2 is 1.59 bits per heavy atom. The van der Waals surface area contributed by atoms with Gasteiger partial charge in [-0.15, -0.1) is 0 Å². The Morgan fingerprint density at radius 1 is 1.04 bits per heavy atom. The van der Waals surface area contributed by atoms with Crippen LogP contribution in [0.5, 0.6) is 0 Å². The molecule has 0 spiro atoms. The minimum Gasteiger partial charge on any atom is -0.444 e. The maximum atomic E-state index is 12.6. The number of ether oxygens (including phenoxy) is 1. The van der Waals surface area contributed by atoms with Crippen LogP contribution >= 0.6 is 0 Å². The fraction of sp³-hybridized carbons (Fsp3) is 0.850. The van der Waals surface area contributed by atoms with Gasteiger partial charge in [-0.3, -0.25) is 9.59 Å². The van der Waals surface area contributed by atoms with Crippen molar-refractivity contribution >= 4 is 17.9 Å². The van der Waals surface area contributed by atoms with Crippen molar-refractivity contribution in [2.24, 2.45) is 5.41 Å². The largest absolute Gasteiger partial charge is 0.444 e. The zero-order chi connectivity index (χ0) is 20.8. The fourth-order valence-corrected chi connectivity index (χ4v) is 3.16. The lowest BCUT2D eigenvalue weighted by molar-refractivity contribution is -0.135. The van der Waals surface area contributed by atoms with Crippen LogP contribution in [-0.2, 0) is 14.3 Å². The highest BCUT2D eigenvalue weighted by molar-refractivity contribution is 5.90. The first kappa shape index (κ1) is 23.2. The smallest absolute Gasteiger partial charge is 0.408 e. The second-order valence-corrected chi connectivity index (χ2v) is 9.46. The molecule has 0 bridgehead atoms. The predicted molar refractivity (Wildman–Crippen MR) is 105 cm³/mol. The minimum atomic E-state index is -0.805. The molecule has 3 amide bonds. The number of amides is 3. The summed E-state index contributed by atoms with van der Waals surface area (Å²) in [6.07, 6.45) is 4.88. The zero-order valence-corrected chi connectivity index (χ0v) is 18.0. The van der Waals surface area contributed by atoms with E-state index >= 15 is 0 Å². The van der Waals surface area contributed by atoms with E-state index in [0.29, 0.717) is 0 Å². The van der Waals surface area contributed by atoms with Gasteiger partial charge in [-0.2, -0.15) is 0 Å². The van der Waals surface area contributed by atoms with Crippen LogP contribution in [0.4, 0.5) is 4.79 Å². The van der Waals surface area contributed by atoms with E-state index in [9.17, 15) is 14.4 Å². The van der Waals surface area contributed by atoms with Crippen molar-refractivity contribution in [3.05, 3.63) is 0 Å². The number of carbonyl (C=O) groups excluding carboxylic acids is 3. The average Bonchev–Trinajstić information content (AvgIpc) is 2.54. The molecule has 0 saturated heterocycles. The summed E-state index contributed by atoms with van der Waals surface area (Å²) in [5.74, 6) is -0.501. The lowest BCUT2D eigenvalue weighted by Crippen LogP contribution is -2.55. The molecule has 1 aliphatic rings. The van der Waals surface area contributed by atoms with E-state index in [1.807, 2.05) is 20.8 Å². The molecule has 0 aromatic carbocycles. The number of alkyl carbamates (subject to hydrolysis) is 1. The van der Waals surface area contributed by atoms with Gasteiger partial charge in [-0.05, 0) is 39.0 Å². The van der Waals surface area contributed by atoms with Crippen LogP contribution in [0.25, 0.3) is 0 Å². The lowest BCUT2D eigenvalue weighted by atomic mass is 9.86. The molecular weight excluding hydrogens is 346 g/mol. The SMILES string of the molecule is CN(C(=O)CNC(=O)C(NC(=O)OC(C)(C)C)C(C)(C)C)C1CCCCC1. The molecule has 0 aromatic rings. The lowest BCUT2D eigenvalue weighted by Gasteiger charge is -2.33. The predicted octanol–water partition coefficient (Wildman–Crippen LogP) is 2.83. The number of rotatable bonds is 5. The highest BCUT2D eigenvalue weighted by atomic mass is 16.6. The van der Waals surface area contributed by atoms with E-state index in [1.54, 1.807) is 32.7 Å². The van der Waals surface area contributed by atoms with E-state index < -0.39 is 29.1 Å². The first-order valence-corrected chi connectivity index (χ1v) is 9.84. The van der Waals surface area contributed by atoms with Gasteiger partial charge in [0.05, 0.1) is 6.54 Å². The van der Waals surface area contributed by atoms with Gasteiger partial charge in [-0.1, -0.05) is 40.0 Å². The van der Waals surface area contributed by atoms with Crippen LogP contribution in [0.2, 0.25) is 0 Å². The number of carbonyl (C=O) groups is 3. The Hall–Kier alpha value is -1.79. The molecule has 1 saturated carbocycles. The quantitative estimate of drug-likeness (QED) is 0.764. The molecule has 7 nitrogen and oxygen atoms in total. The second-order valence-electron chi connectivity index (χ2n) is 9.46. The highest BCUT2D eigenvalue weighted by Crippen LogP contribution is 2.22. The van der Waals surface area contributed by atoms with Crippen molar-refractivity contribution in [3.63, 3.8) is 0 Å². The van der Waals surface area contributed by atoms with Crippen LogP contribution in [0.15, 0.2) is 0 Å². The third kappa shape index (κ3) is 8.18. The molecule has 0 heterocycles. The van der Waals surface area contributed by atoms with Gasteiger partial charge in [-0.25, -0.2) is 4.79 Å². The standard InChI is InChI=1S/C20H37N3O4/c1-19(2,3)16(22-18(26)27-20(4,5)6)17(25)21-13-15(24)23(7)14-11-9-8-10-12-14/h14,16H,8-13H2,1-7H3,(H,21,25)(H,22,26). The normalized spacial score (nSPS) is 17.0. The molecule has 0 aromatic heterocycles. The number of hydrogen-bond acceptors (Lipinski definition) is 4. The molecule has 27 heavy (non-hydrogen) atoms. The van der Waals surface area contributed by atoms with E-state index in [1.165, 1.54) is 6.42 Å². The summed E-state index contributed by atoms with van der Waals surface area (Å²) in [4.78, 5) is 38.9. The van der Waals surface area contributed by atoms with Crippen molar-refractivity contribution in [2.45, 2.75) is 91.3 Å². The molecule has 1 unspecified atom stereocenters. The summed E-state index contributed by atoms with van der Waals surface area (Å²) in [6.45, 7) is 10.8. The molecule has 1 fully saturated rings. The highest BCUT2D eigenvalue weighted by Gasteiger charge is 2.34. The number of nitrogens with zero attached hydrogens (tertiary/aromatic N) is 1. The van der Waals surface area contributed by atoms with E-state index in [0.717, 1.165) is 25.7 Å². The molecular formula is C20H37N3O4. The maximum Gasteiger partial charge on any atom is 0.408 e. The molecule has 156 valence electrons. The fourth-order valence-electron chi connectivity index (χ4n) is 3.16. The van der Waals surface area contributed by atoms with Crippen LogP contribution in [-0.4, -0.2) is 54.1 Å². The van der Waals surface area contributed by atoms with E-state index in [4.69, 9.17) is 4.74 Å². The van der Waals surface area contributed by atoms with Gasteiger partial charge in [0.2, 0.25) is 11.8 Å². The molecule has 1 aliphatic carbocycles. The maximum absolute atomic E-state index is 12.6. The Bertz CT molecular complexity index is 528. The van der Waals surface area contributed by atoms with Crippen LogP contribution in [0.1, 0.15) is 73.6 Å². The van der Waals surface area contributed by atoms with Crippen LogP contribution in [0, 0.1) is 5.41 Å². The molecule has 0 radical (unpaired) electrons. The third-order valence-electron chi connectivity index (χ3n) is 4.72. The van der Waals surface area contributed by atoms with Gasteiger partial charge in [0.15, 0.2) is 0 Å². The van der Waals surface area contributed by atoms with Crippen molar-refractivity contribution in [2.75, 3.05) is 13.6 Å². The van der Waals surface area contributed by atoms with E-state index in [2.05, 4.69) is 10.6 Å². The molecule has 7 heteroatoms. The first-order valence-electron chi connectivity index (χ1n) is 9.84. The summed E-state index contributed by atoms with van der Waals surface area (Å²) < 4.78 is 5.25. The van der Waals surface area contributed by atoms with Crippen LogP contribution in [0.3, 0.4) is 0 Å². The topological polar surface area (TPSA) is 87.7 Å². The summed E-state index contributed by atoms with van der Waals surface area (Å²) >= 11 is 0. The third-order valence-corrected chi connectivity index (χ3v) is 4.72. The molecule has 1 atom stereocenters. The van der Waals surface area contributed by atoms with Crippen molar-refractivity contribution < 1.29 is 19.1 Å². The van der Waals surface area contributed by atoms with E-state index in [-0.39, 0.29) is 18.5 Å². The van der Waals surface area contributed by atoms with Crippen LogP contribution < -0.4 is 10.6 Å². The van der Waals surface area contributed by atoms with Crippen molar-refractivity contribution in [1.29, 1.82) is 0 Å².